The standard InChI is InChI=1S/C15H24N2O2S/c1-14(10-11-15-8-4-2-5-9-15)16-20(18,19)17-12-6-3-7-13-17/h2,4-5,8-9,14,16H,3,6-7,10-13H2,1H3. The van der Waals surface area contributed by atoms with Gasteiger partial charge in [-0.15, -0.1) is 0 Å². The first-order chi connectivity index (χ1) is 9.58. The van der Waals surface area contributed by atoms with Crippen molar-refractivity contribution in [2.75, 3.05) is 13.1 Å². The fourth-order valence-electron chi connectivity index (χ4n) is 2.52. The number of nitrogens with one attached hydrogen (secondary N) is 1. The molecule has 112 valence electrons. The van der Waals surface area contributed by atoms with Gasteiger partial charge in [0.2, 0.25) is 0 Å². The molecule has 0 aromatic heterocycles. The summed E-state index contributed by atoms with van der Waals surface area (Å²) in [5.41, 5.74) is 1.25. The summed E-state index contributed by atoms with van der Waals surface area (Å²) in [6.07, 6.45) is 4.79. The van der Waals surface area contributed by atoms with E-state index in [9.17, 15) is 8.42 Å². The minimum atomic E-state index is -3.30. The lowest BCUT2D eigenvalue weighted by molar-refractivity contribution is 0.338. The molecule has 0 amide bonds. The SMILES string of the molecule is CC(CCc1ccccc1)NS(=O)(=O)N1CCCCC1. The zero-order valence-corrected chi connectivity index (χ0v) is 12.9. The molecule has 2 rings (SSSR count). The Morgan fingerprint density at radius 1 is 1.15 bits per heavy atom. The number of nitrogens with zero attached hydrogens (tertiary/aromatic N) is 1. The molecule has 0 saturated carbocycles. The van der Waals surface area contributed by atoms with Gasteiger partial charge in [0, 0.05) is 19.1 Å². The van der Waals surface area contributed by atoms with Crippen molar-refractivity contribution < 1.29 is 8.42 Å². The van der Waals surface area contributed by atoms with E-state index in [1.54, 1.807) is 4.31 Å². The fraction of sp³-hybridized carbons (Fsp3) is 0.600. The normalized spacial score (nSPS) is 18.9. The van der Waals surface area contributed by atoms with E-state index in [2.05, 4.69) is 16.9 Å². The van der Waals surface area contributed by atoms with Crippen LogP contribution in [0.25, 0.3) is 0 Å². The Hall–Kier alpha value is -0.910. The van der Waals surface area contributed by atoms with Crippen LogP contribution >= 0.6 is 0 Å². The van der Waals surface area contributed by atoms with Crippen molar-refractivity contribution in [1.29, 1.82) is 0 Å². The summed E-state index contributed by atoms with van der Waals surface area (Å²) in [7, 11) is -3.30. The summed E-state index contributed by atoms with van der Waals surface area (Å²) >= 11 is 0. The van der Waals surface area contributed by atoms with E-state index in [0.717, 1.165) is 32.1 Å². The number of aryl methyl sites for hydroxylation is 1. The van der Waals surface area contributed by atoms with Crippen molar-refractivity contribution in [3.05, 3.63) is 35.9 Å². The highest BCUT2D eigenvalue weighted by Gasteiger charge is 2.24. The van der Waals surface area contributed by atoms with Gasteiger partial charge in [-0.05, 0) is 38.2 Å². The Morgan fingerprint density at radius 2 is 1.80 bits per heavy atom. The van der Waals surface area contributed by atoms with E-state index in [-0.39, 0.29) is 6.04 Å². The third-order valence-corrected chi connectivity index (χ3v) is 5.46. The first-order valence-corrected chi connectivity index (χ1v) is 8.83. The largest absolute Gasteiger partial charge is 0.279 e. The van der Waals surface area contributed by atoms with Crippen LogP contribution in [0, 0.1) is 0 Å². The molecule has 0 radical (unpaired) electrons. The lowest BCUT2D eigenvalue weighted by Crippen LogP contribution is -2.46. The Bertz CT molecular complexity index is 496. The maximum Gasteiger partial charge on any atom is 0.279 e. The van der Waals surface area contributed by atoms with Gasteiger partial charge < -0.3 is 0 Å². The van der Waals surface area contributed by atoms with E-state index >= 15 is 0 Å². The lowest BCUT2D eigenvalue weighted by Gasteiger charge is -2.27. The second-order valence-electron chi connectivity index (χ2n) is 5.51. The zero-order chi connectivity index (χ0) is 14.4. The molecular formula is C15H24N2O2S. The topological polar surface area (TPSA) is 49.4 Å². The third-order valence-electron chi connectivity index (χ3n) is 3.71. The van der Waals surface area contributed by atoms with Gasteiger partial charge in [0.25, 0.3) is 10.2 Å². The van der Waals surface area contributed by atoms with Gasteiger partial charge >= 0.3 is 0 Å². The average molecular weight is 296 g/mol. The summed E-state index contributed by atoms with van der Waals surface area (Å²) in [6.45, 7) is 3.24. The summed E-state index contributed by atoms with van der Waals surface area (Å²) < 4.78 is 28.8. The van der Waals surface area contributed by atoms with Crippen LogP contribution in [0.1, 0.15) is 38.2 Å². The summed E-state index contributed by atoms with van der Waals surface area (Å²) in [5.74, 6) is 0. The number of piperidine rings is 1. The van der Waals surface area contributed by atoms with Crippen molar-refractivity contribution in [2.45, 2.75) is 45.1 Å². The second kappa shape index (κ2) is 7.20. The molecule has 5 heteroatoms. The Kier molecular flexibility index (Phi) is 5.57. The van der Waals surface area contributed by atoms with Crippen LogP contribution in [0.3, 0.4) is 0 Å². The molecule has 1 saturated heterocycles. The molecule has 1 aliphatic rings. The average Bonchev–Trinajstić information content (AvgIpc) is 2.47. The highest BCUT2D eigenvalue weighted by Crippen LogP contribution is 2.13. The molecule has 1 fully saturated rings. The quantitative estimate of drug-likeness (QED) is 0.876. The van der Waals surface area contributed by atoms with Crippen molar-refractivity contribution >= 4 is 10.2 Å². The van der Waals surface area contributed by atoms with Crippen LogP contribution in [-0.4, -0.2) is 31.9 Å². The van der Waals surface area contributed by atoms with Crippen LogP contribution < -0.4 is 4.72 Å². The fourth-order valence-corrected chi connectivity index (χ4v) is 4.04. The summed E-state index contributed by atoms with van der Waals surface area (Å²) in [4.78, 5) is 0. The molecule has 4 nitrogen and oxygen atoms in total. The molecule has 0 bridgehead atoms. The molecule has 1 heterocycles. The molecule has 1 unspecified atom stereocenters. The summed E-state index contributed by atoms with van der Waals surface area (Å²) in [5, 5.41) is 0. The van der Waals surface area contributed by atoms with Gasteiger partial charge in [-0.25, -0.2) is 0 Å². The van der Waals surface area contributed by atoms with Crippen LogP contribution in [0.5, 0.6) is 0 Å². The van der Waals surface area contributed by atoms with Crippen LogP contribution in [0.2, 0.25) is 0 Å². The van der Waals surface area contributed by atoms with Gasteiger partial charge in [-0.2, -0.15) is 17.4 Å². The van der Waals surface area contributed by atoms with Gasteiger partial charge in [-0.1, -0.05) is 36.8 Å². The minimum Gasteiger partial charge on any atom is -0.199 e. The van der Waals surface area contributed by atoms with Crippen molar-refractivity contribution in [2.24, 2.45) is 0 Å². The van der Waals surface area contributed by atoms with Gasteiger partial charge in [-0.3, -0.25) is 0 Å². The number of benzene rings is 1. The maximum atomic E-state index is 12.2. The van der Waals surface area contributed by atoms with Gasteiger partial charge in [0.1, 0.15) is 0 Å². The van der Waals surface area contributed by atoms with E-state index in [0.29, 0.717) is 13.1 Å². The van der Waals surface area contributed by atoms with Gasteiger partial charge in [0.15, 0.2) is 0 Å². The number of rotatable bonds is 6. The number of hydrogen-bond donors (Lipinski definition) is 1. The highest BCUT2D eigenvalue weighted by atomic mass is 32.2. The zero-order valence-electron chi connectivity index (χ0n) is 12.1. The monoisotopic (exact) mass is 296 g/mol. The maximum absolute atomic E-state index is 12.2. The van der Waals surface area contributed by atoms with Crippen molar-refractivity contribution in [3.8, 4) is 0 Å². The summed E-state index contributed by atoms with van der Waals surface area (Å²) in [6, 6.07) is 10.1. The van der Waals surface area contributed by atoms with E-state index < -0.39 is 10.2 Å². The molecule has 1 aromatic rings. The molecule has 1 aliphatic heterocycles. The molecule has 1 N–H and O–H groups in total. The first kappa shape index (κ1) is 15.5. The molecule has 0 spiro atoms. The van der Waals surface area contributed by atoms with Gasteiger partial charge in [0.05, 0.1) is 0 Å². The second-order valence-corrected chi connectivity index (χ2v) is 7.21. The predicted molar refractivity (Wildman–Crippen MR) is 81.7 cm³/mol. The minimum absolute atomic E-state index is 0.0397. The van der Waals surface area contributed by atoms with Crippen LogP contribution in [0.15, 0.2) is 30.3 Å². The van der Waals surface area contributed by atoms with E-state index in [4.69, 9.17) is 0 Å². The van der Waals surface area contributed by atoms with Crippen molar-refractivity contribution in [3.63, 3.8) is 0 Å². The lowest BCUT2D eigenvalue weighted by atomic mass is 10.1. The molecule has 1 aromatic carbocycles. The predicted octanol–water partition coefficient (Wildman–Crippen LogP) is 2.33. The number of hydrogen-bond acceptors (Lipinski definition) is 2. The van der Waals surface area contributed by atoms with E-state index in [1.165, 1.54) is 5.56 Å². The Morgan fingerprint density at radius 3 is 2.45 bits per heavy atom. The molecule has 20 heavy (non-hydrogen) atoms. The smallest absolute Gasteiger partial charge is 0.199 e. The third kappa shape index (κ3) is 4.58. The molecular weight excluding hydrogens is 272 g/mol. The Balaban J connectivity index is 1.82. The molecule has 1 atom stereocenters. The van der Waals surface area contributed by atoms with Crippen molar-refractivity contribution in [1.82, 2.24) is 9.03 Å². The van der Waals surface area contributed by atoms with Crippen LogP contribution in [-0.2, 0) is 16.6 Å². The van der Waals surface area contributed by atoms with E-state index in [1.807, 2.05) is 25.1 Å². The first-order valence-electron chi connectivity index (χ1n) is 7.39. The van der Waals surface area contributed by atoms with Crippen LogP contribution in [0.4, 0.5) is 0 Å². The highest BCUT2D eigenvalue weighted by molar-refractivity contribution is 7.87. The Labute approximate surface area is 122 Å². The molecule has 0 aliphatic carbocycles.